The van der Waals surface area contributed by atoms with Crippen molar-refractivity contribution >= 4 is 0 Å². The van der Waals surface area contributed by atoms with Crippen LogP contribution in [0.5, 0.6) is 0 Å². The molecule has 0 atom stereocenters. The van der Waals surface area contributed by atoms with Crippen LogP contribution in [0.15, 0.2) is 11.6 Å². The lowest BCUT2D eigenvalue weighted by atomic mass is 10.1. The van der Waals surface area contributed by atoms with Gasteiger partial charge in [0, 0.05) is 13.1 Å². The van der Waals surface area contributed by atoms with Gasteiger partial charge < -0.3 is 10.6 Å². The highest BCUT2D eigenvalue weighted by molar-refractivity contribution is 5.07. The van der Waals surface area contributed by atoms with Crippen LogP contribution in [0.3, 0.4) is 0 Å². The van der Waals surface area contributed by atoms with Crippen molar-refractivity contribution in [1.82, 2.24) is 10.6 Å². The van der Waals surface area contributed by atoms with Crippen LogP contribution >= 0.6 is 0 Å². The van der Waals surface area contributed by atoms with Crippen LogP contribution in [0.1, 0.15) is 12.8 Å². The largest absolute Gasteiger partial charge is 0.316 e. The molecule has 58 valence electrons. The van der Waals surface area contributed by atoms with Crippen molar-refractivity contribution < 1.29 is 0 Å². The molecule has 1 fully saturated rings. The Balaban J connectivity index is 2.23. The Labute approximate surface area is 62.7 Å². The van der Waals surface area contributed by atoms with Crippen molar-refractivity contribution in [2.75, 3.05) is 26.7 Å². The summed E-state index contributed by atoms with van der Waals surface area (Å²) >= 11 is 0. The molecule has 0 bridgehead atoms. The Hall–Kier alpha value is -0.340. The summed E-state index contributed by atoms with van der Waals surface area (Å²) in [6.45, 7) is 3.30. The molecular weight excluding hydrogens is 124 g/mol. The minimum absolute atomic E-state index is 1.01. The normalized spacial score (nSPS) is 23.5. The third-order valence-electron chi connectivity index (χ3n) is 1.80. The molecule has 0 radical (unpaired) electrons. The van der Waals surface area contributed by atoms with E-state index in [9.17, 15) is 0 Å². The van der Waals surface area contributed by atoms with Crippen molar-refractivity contribution in [1.29, 1.82) is 0 Å². The highest BCUT2D eigenvalue weighted by Crippen LogP contribution is 2.06. The molecule has 10 heavy (non-hydrogen) atoms. The second kappa shape index (κ2) is 4.47. The fourth-order valence-corrected chi connectivity index (χ4v) is 1.20. The molecule has 0 aromatic carbocycles. The van der Waals surface area contributed by atoms with Crippen LogP contribution < -0.4 is 10.6 Å². The molecule has 1 aliphatic heterocycles. The molecule has 1 saturated heterocycles. The summed E-state index contributed by atoms with van der Waals surface area (Å²) in [5, 5.41) is 6.46. The first kappa shape index (κ1) is 7.76. The van der Waals surface area contributed by atoms with Crippen molar-refractivity contribution in [3.63, 3.8) is 0 Å². The summed E-state index contributed by atoms with van der Waals surface area (Å²) < 4.78 is 0. The second-order valence-electron chi connectivity index (χ2n) is 2.70. The number of hydrogen-bond donors (Lipinski definition) is 2. The average Bonchev–Trinajstić information content (AvgIpc) is 2.03. The van der Waals surface area contributed by atoms with Crippen LogP contribution in [0.2, 0.25) is 0 Å². The Kier molecular flexibility index (Phi) is 3.47. The van der Waals surface area contributed by atoms with E-state index in [1.807, 2.05) is 7.05 Å². The summed E-state index contributed by atoms with van der Waals surface area (Å²) in [4.78, 5) is 0. The topological polar surface area (TPSA) is 24.1 Å². The predicted molar refractivity (Wildman–Crippen MR) is 44.1 cm³/mol. The maximum atomic E-state index is 3.35. The first-order chi connectivity index (χ1) is 4.93. The summed E-state index contributed by atoms with van der Waals surface area (Å²) in [5.74, 6) is 0. The average molecular weight is 140 g/mol. The lowest BCUT2D eigenvalue weighted by molar-refractivity contribution is 0.607. The SMILES string of the molecule is CNCC=C1CCCNC1. The van der Waals surface area contributed by atoms with E-state index < -0.39 is 0 Å². The standard InChI is InChI=1S/C8H16N2/c1-9-6-4-8-3-2-5-10-7-8/h4,9-10H,2-3,5-7H2,1H3. The van der Waals surface area contributed by atoms with Crippen molar-refractivity contribution in [3.05, 3.63) is 11.6 Å². The molecule has 1 rings (SSSR count). The lowest BCUT2D eigenvalue weighted by Gasteiger charge is -2.14. The van der Waals surface area contributed by atoms with Gasteiger partial charge in [-0.2, -0.15) is 0 Å². The molecule has 0 amide bonds. The Morgan fingerprint density at radius 2 is 2.60 bits per heavy atom. The van der Waals surface area contributed by atoms with Crippen LogP contribution in [0, 0.1) is 0 Å². The number of nitrogens with one attached hydrogen (secondary N) is 2. The molecule has 2 nitrogen and oxygen atoms in total. The van der Waals surface area contributed by atoms with Gasteiger partial charge in [-0.05, 0) is 26.4 Å². The summed E-state index contributed by atoms with van der Waals surface area (Å²) in [5.41, 5.74) is 1.56. The molecule has 2 heteroatoms. The highest BCUT2D eigenvalue weighted by atomic mass is 14.9. The molecule has 0 aromatic heterocycles. The van der Waals surface area contributed by atoms with E-state index in [0.717, 1.165) is 13.1 Å². The monoisotopic (exact) mass is 140 g/mol. The van der Waals surface area contributed by atoms with E-state index in [1.165, 1.54) is 19.4 Å². The molecule has 1 aliphatic rings. The fraction of sp³-hybridized carbons (Fsp3) is 0.750. The van der Waals surface area contributed by atoms with Gasteiger partial charge in [-0.25, -0.2) is 0 Å². The van der Waals surface area contributed by atoms with E-state index >= 15 is 0 Å². The zero-order valence-corrected chi connectivity index (χ0v) is 6.61. The predicted octanol–water partition coefficient (Wildman–Crippen LogP) is 0.516. The molecule has 0 unspecified atom stereocenters. The molecule has 0 spiro atoms. The number of rotatable bonds is 2. The molecular formula is C8H16N2. The third kappa shape index (κ3) is 2.50. The number of piperidine rings is 1. The quantitative estimate of drug-likeness (QED) is 0.546. The zero-order chi connectivity index (χ0) is 7.23. The highest BCUT2D eigenvalue weighted by Gasteiger charge is 2.01. The van der Waals surface area contributed by atoms with Gasteiger partial charge in [0.2, 0.25) is 0 Å². The maximum Gasteiger partial charge on any atom is 0.0165 e. The van der Waals surface area contributed by atoms with Crippen molar-refractivity contribution in [2.45, 2.75) is 12.8 Å². The second-order valence-corrected chi connectivity index (χ2v) is 2.70. The van der Waals surface area contributed by atoms with E-state index in [1.54, 1.807) is 5.57 Å². The Morgan fingerprint density at radius 1 is 1.70 bits per heavy atom. The lowest BCUT2D eigenvalue weighted by Crippen LogP contribution is -2.24. The van der Waals surface area contributed by atoms with Crippen LogP contribution in [0.4, 0.5) is 0 Å². The van der Waals surface area contributed by atoms with E-state index in [-0.39, 0.29) is 0 Å². The summed E-state index contributed by atoms with van der Waals surface area (Å²) in [6.07, 6.45) is 4.87. The van der Waals surface area contributed by atoms with Gasteiger partial charge in [-0.15, -0.1) is 0 Å². The number of likely N-dealkylation sites (N-methyl/N-ethyl adjacent to an activating group) is 1. The molecule has 0 aliphatic carbocycles. The van der Waals surface area contributed by atoms with Gasteiger partial charge in [0.1, 0.15) is 0 Å². The Morgan fingerprint density at radius 3 is 3.20 bits per heavy atom. The van der Waals surface area contributed by atoms with Crippen molar-refractivity contribution in [2.24, 2.45) is 0 Å². The van der Waals surface area contributed by atoms with Crippen molar-refractivity contribution in [3.8, 4) is 0 Å². The Bertz CT molecular complexity index is 110. The van der Waals surface area contributed by atoms with Crippen LogP contribution in [-0.4, -0.2) is 26.7 Å². The van der Waals surface area contributed by atoms with E-state index in [4.69, 9.17) is 0 Å². The van der Waals surface area contributed by atoms with Crippen LogP contribution in [0.25, 0.3) is 0 Å². The van der Waals surface area contributed by atoms with E-state index in [0.29, 0.717) is 0 Å². The third-order valence-corrected chi connectivity index (χ3v) is 1.80. The fourth-order valence-electron chi connectivity index (χ4n) is 1.20. The minimum Gasteiger partial charge on any atom is -0.316 e. The molecule has 2 N–H and O–H groups in total. The van der Waals surface area contributed by atoms with Gasteiger partial charge in [0.25, 0.3) is 0 Å². The summed E-state index contributed by atoms with van der Waals surface area (Å²) in [7, 11) is 1.98. The van der Waals surface area contributed by atoms with Gasteiger partial charge in [-0.3, -0.25) is 0 Å². The van der Waals surface area contributed by atoms with E-state index in [2.05, 4.69) is 16.7 Å². The molecule has 0 saturated carbocycles. The van der Waals surface area contributed by atoms with Gasteiger partial charge in [-0.1, -0.05) is 11.6 Å². The minimum atomic E-state index is 1.01. The summed E-state index contributed by atoms with van der Waals surface area (Å²) in [6, 6.07) is 0. The first-order valence-corrected chi connectivity index (χ1v) is 3.96. The zero-order valence-electron chi connectivity index (χ0n) is 6.61. The molecule has 0 aromatic rings. The van der Waals surface area contributed by atoms with Crippen LogP contribution in [-0.2, 0) is 0 Å². The van der Waals surface area contributed by atoms with Gasteiger partial charge in [0.05, 0.1) is 0 Å². The molecule has 1 heterocycles. The number of hydrogen-bond acceptors (Lipinski definition) is 2. The van der Waals surface area contributed by atoms with Gasteiger partial charge >= 0.3 is 0 Å². The first-order valence-electron chi connectivity index (χ1n) is 3.96. The maximum absolute atomic E-state index is 3.35. The van der Waals surface area contributed by atoms with Gasteiger partial charge in [0.15, 0.2) is 0 Å². The smallest absolute Gasteiger partial charge is 0.0165 e.